The Balaban J connectivity index is 1.76. The number of hydrogen-bond donors (Lipinski definition) is 1. The molecule has 0 aliphatic carbocycles. The van der Waals surface area contributed by atoms with Crippen LogP contribution in [0, 0.1) is 11.7 Å². The quantitative estimate of drug-likeness (QED) is 0.903. The first-order valence-electron chi connectivity index (χ1n) is 6.97. The monoisotopic (exact) mass is 263 g/mol. The summed E-state index contributed by atoms with van der Waals surface area (Å²) in [6.45, 7) is 4.89. The van der Waals surface area contributed by atoms with Gasteiger partial charge >= 0.3 is 0 Å². The molecule has 0 radical (unpaired) electrons. The molecule has 1 unspecified atom stereocenters. The Morgan fingerprint density at radius 3 is 2.53 bits per heavy atom. The van der Waals surface area contributed by atoms with E-state index < -0.39 is 0 Å². The summed E-state index contributed by atoms with van der Waals surface area (Å²) >= 11 is 0. The van der Waals surface area contributed by atoms with Crippen molar-refractivity contribution >= 4 is 6.08 Å². The molecule has 0 aromatic heterocycles. The lowest BCUT2D eigenvalue weighted by molar-refractivity contribution is 0.0756. The number of benzene rings is 1. The number of aliphatic hydroxyl groups is 1. The maximum absolute atomic E-state index is 12.7. The maximum Gasteiger partial charge on any atom is 0.123 e. The van der Waals surface area contributed by atoms with Crippen LogP contribution in [0.5, 0.6) is 0 Å². The van der Waals surface area contributed by atoms with E-state index in [1.54, 1.807) is 12.1 Å². The van der Waals surface area contributed by atoms with Crippen molar-refractivity contribution in [1.29, 1.82) is 0 Å². The molecule has 1 fully saturated rings. The normalized spacial score (nSPS) is 19.9. The molecule has 1 aliphatic heterocycles. The molecule has 1 heterocycles. The molecule has 1 aliphatic rings. The first-order valence-corrected chi connectivity index (χ1v) is 6.97. The van der Waals surface area contributed by atoms with Gasteiger partial charge in [-0.3, -0.25) is 4.90 Å². The molecule has 1 atom stereocenters. The third-order valence-corrected chi connectivity index (χ3v) is 3.86. The van der Waals surface area contributed by atoms with Gasteiger partial charge in [0.2, 0.25) is 0 Å². The molecule has 104 valence electrons. The van der Waals surface area contributed by atoms with Gasteiger partial charge in [0, 0.05) is 6.54 Å². The minimum Gasteiger partial charge on any atom is -0.393 e. The molecule has 2 rings (SSSR count). The van der Waals surface area contributed by atoms with Crippen LogP contribution in [-0.4, -0.2) is 35.7 Å². The largest absolute Gasteiger partial charge is 0.393 e. The van der Waals surface area contributed by atoms with Gasteiger partial charge in [-0.1, -0.05) is 24.3 Å². The number of likely N-dealkylation sites (tertiary alicyclic amines) is 1. The van der Waals surface area contributed by atoms with Gasteiger partial charge in [0.05, 0.1) is 6.10 Å². The van der Waals surface area contributed by atoms with E-state index in [2.05, 4.69) is 11.0 Å². The van der Waals surface area contributed by atoms with Gasteiger partial charge in [-0.2, -0.15) is 0 Å². The van der Waals surface area contributed by atoms with Crippen LogP contribution in [0.1, 0.15) is 25.3 Å². The lowest BCUT2D eigenvalue weighted by Crippen LogP contribution is -2.37. The summed E-state index contributed by atoms with van der Waals surface area (Å²) in [6, 6.07) is 6.53. The van der Waals surface area contributed by atoms with Crippen molar-refractivity contribution in [3.8, 4) is 0 Å². The predicted octanol–water partition coefficient (Wildman–Crippen LogP) is 2.93. The smallest absolute Gasteiger partial charge is 0.123 e. The topological polar surface area (TPSA) is 23.5 Å². The van der Waals surface area contributed by atoms with Gasteiger partial charge in [-0.25, -0.2) is 4.39 Å². The fourth-order valence-electron chi connectivity index (χ4n) is 2.53. The van der Waals surface area contributed by atoms with Crippen molar-refractivity contribution in [1.82, 2.24) is 4.90 Å². The first kappa shape index (κ1) is 14.2. The third-order valence-electron chi connectivity index (χ3n) is 3.86. The summed E-state index contributed by atoms with van der Waals surface area (Å²) in [7, 11) is 0. The van der Waals surface area contributed by atoms with Gasteiger partial charge in [0.15, 0.2) is 0 Å². The average molecular weight is 263 g/mol. The number of aliphatic hydroxyl groups excluding tert-OH is 1. The van der Waals surface area contributed by atoms with Crippen molar-refractivity contribution in [2.24, 2.45) is 5.92 Å². The second kappa shape index (κ2) is 6.83. The molecule has 1 aromatic rings. The SMILES string of the molecule is CC(O)C1CCN(C/C=C/c2ccc(F)cc2)CC1. The Labute approximate surface area is 114 Å². The molecule has 0 spiro atoms. The standard InChI is InChI=1S/C16H22FNO/c1-13(19)15-8-11-18(12-9-15)10-2-3-14-4-6-16(17)7-5-14/h2-7,13,15,19H,8-12H2,1H3/b3-2+. The van der Waals surface area contributed by atoms with Crippen molar-refractivity contribution in [3.63, 3.8) is 0 Å². The molecule has 0 bridgehead atoms. The van der Waals surface area contributed by atoms with Crippen LogP contribution in [0.15, 0.2) is 30.3 Å². The van der Waals surface area contributed by atoms with Crippen molar-refractivity contribution in [2.75, 3.05) is 19.6 Å². The molecule has 1 aromatic carbocycles. The lowest BCUT2D eigenvalue weighted by atomic mass is 9.92. The molecule has 3 heteroatoms. The van der Waals surface area contributed by atoms with E-state index in [1.807, 2.05) is 13.0 Å². The number of rotatable bonds is 4. The molecule has 0 amide bonds. The highest BCUT2D eigenvalue weighted by atomic mass is 19.1. The number of piperidine rings is 1. The third kappa shape index (κ3) is 4.44. The second-order valence-electron chi connectivity index (χ2n) is 5.33. The Kier molecular flexibility index (Phi) is 5.11. The van der Waals surface area contributed by atoms with Crippen LogP contribution in [0.3, 0.4) is 0 Å². The highest BCUT2D eigenvalue weighted by Crippen LogP contribution is 2.20. The number of halogens is 1. The van der Waals surface area contributed by atoms with E-state index in [1.165, 1.54) is 12.1 Å². The van der Waals surface area contributed by atoms with Gasteiger partial charge < -0.3 is 5.11 Å². The summed E-state index contributed by atoms with van der Waals surface area (Å²) < 4.78 is 12.7. The van der Waals surface area contributed by atoms with Gasteiger partial charge in [-0.15, -0.1) is 0 Å². The molecule has 0 saturated carbocycles. The molecule has 2 nitrogen and oxygen atoms in total. The van der Waals surface area contributed by atoms with E-state index in [9.17, 15) is 9.50 Å². The summed E-state index contributed by atoms with van der Waals surface area (Å²) in [5, 5.41) is 9.55. The predicted molar refractivity (Wildman–Crippen MR) is 76.3 cm³/mol. The Hall–Kier alpha value is -1.19. The minimum absolute atomic E-state index is 0.183. The van der Waals surface area contributed by atoms with Crippen molar-refractivity contribution in [3.05, 3.63) is 41.7 Å². The zero-order valence-corrected chi connectivity index (χ0v) is 11.4. The summed E-state index contributed by atoms with van der Waals surface area (Å²) in [6.07, 6.45) is 6.11. The van der Waals surface area contributed by atoms with Crippen LogP contribution < -0.4 is 0 Å². The maximum atomic E-state index is 12.7. The van der Waals surface area contributed by atoms with Crippen molar-refractivity contribution < 1.29 is 9.50 Å². The molecular weight excluding hydrogens is 241 g/mol. The Bertz CT molecular complexity index is 405. The van der Waals surface area contributed by atoms with Gasteiger partial charge in [-0.05, 0) is 56.5 Å². The fourth-order valence-corrected chi connectivity index (χ4v) is 2.53. The van der Waals surface area contributed by atoms with Crippen LogP contribution >= 0.6 is 0 Å². The van der Waals surface area contributed by atoms with Crippen LogP contribution in [0.2, 0.25) is 0 Å². The summed E-state index contributed by atoms with van der Waals surface area (Å²) in [4.78, 5) is 2.39. The highest BCUT2D eigenvalue weighted by molar-refractivity contribution is 5.48. The zero-order valence-electron chi connectivity index (χ0n) is 11.4. The summed E-state index contributed by atoms with van der Waals surface area (Å²) in [5.41, 5.74) is 1.03. The zero-order chi connectivity index (χ0) is 13.7. The highest BCUT2D eigenvalue weighted by Gasteiger charge is 2.21. The number of hydrogen-bond acceptors (Lipinski definition) is 2. The molecular formula is C16H22FNO. The van der Waals surface area contributed by atoms with E-state index in [4.69, 9.17) is 0 Å². The second-order valence-corrected chi connectivity index (χ2v) is 5.33. The van der Waals surface area contributed by atoms with Gasteiger partial charge in [0.1, 0.15) is 5.82 Å². The Morgan fingerprint density at radius 2 is 1.95 bits per heavy atom. The van der Waals surface area contributed by atoms with Crippen LogP contribution in [0.4, 0.5) is 4.39 Å². The van der Waals surface area contributed by atoms with Gasteiger partial charge in [0.25, 0.3) is 0 Å². The molecule has 1 N–H and O–H groups in total. The van der Waals surface area contributed by atoms with Crippen molar-refractivity contribution in [2.45, 2.75) is 25.9 Å². The molecule has 1 saturated heterocycles. The van der Waals surface area contributed by atoms with E-state index in [-0.39, 0.29) is 11.9 Å². The Morgan fingerprint density at radius 1 is 1.32 bits per heavy atom. The molecule has 19 heavy (non-hydrogen) atoms. The minimum atomic E-state index is -0.197. The average Bonchev–Trinajstić information content (AvgIpc) is 2.41. The number of nitrogens with zero attached hydrogens (tertiary/aromatic N) is 1. The van der Waals surface area contributed by atoms with E-state index in [0.29, 0.717) is 5.92 Å². The van der Waals surface area contributed by atoms with Crippen LogP contribution in [0.25, 0.3) is 6.08 Å². The fraction of sp³-hybridized carbons (Fsp3) is 0.500. The first-order chi connectivity index (χ1) is 9.15. The van der Waals surface area contributed by atoms with E-state index in [0.717, 1.165) is 38.0 Å². The summed E-state index contributed by atoms with van der Waals surface area (Å²) in [5.74, 6) is 0.259. The van der Waals surface area contributed by atoms with E-state index >= 15 is 0 Å². The lowest BCUT2D eigenvalue weighted by Gasteiger charge is -2.32. The van der Waals surface area contributed by atoms with Crippen LogP contribution in [-0.2, 0) is 0 Å².